The standard InChI is InChI=1S/C13H19N3.2C2H6/c1-11-5-6-12-10-14-16(13(12)9-11)8-4-7-15(2)3;2*1-2/h5-6,9-10H,4,7-8H2,1-3H3;2*1-2H3. The molecule has 1 heterocycles. The molecule has 2 rings (SSSR count). The maximum absolute atomic E-state index is 4.43. The fourth-order valence-electron chi connectivity index (χ4n) is 1.90. The summed E-state index contributed by atoms with van der Waals surface area (Å²) in [7, 11) is 4.21. The molecule has 3 heteroatoms. The van der Waals surface area contributed by atoms with Crippen molar-refractivity contribution < 1.29 is 0 Å². The Kier molecular flexibility index (Phi) is 9.73. The van der Waals surface area contributed by atoms with E-state index < -0.39 is 0 Å². The average Bonchev–Trinajstić information content (AvgIpc) is 2.85. The van der Waals surface area contributed by atoms with E-state index in [4.69, 9.17) is 0 Å². The van der Waals surface area contributed by atoms with E-state index in [-0.39, 0.29) is 0 Å². The Morgan fingerprint density at radius 2 is 1.75 bits per heavy atom. The van der Waals surface area contributed by atoms with Crippen LogP contribution in [0.2, 0.25) is 0 Å². The zero-order chi connectivity index (χ0) is 15.5. The molecular weight excluding hydrogens is 246 g/mol. The topological polar surface area (TPSA) is 21.1 Å². The average molecular weight is 277 g/mol. The molecule has 0 saturated heterocycles. The van der Waals surface area contributed by atoms with Crippen molar-refractivity contribution in [2.45, 2.75) is 47.6 Å². The van der Waals surface area contributed by atoms with Crippen molar-refractivity contribution in [3.63, 3.8) is 0 Å². The number of fused-ring (bicyclic) bond motifs is 1. The molecule has 0 saturated carbocycles. The smallest absolute Gasteiger partial charge is 0.0685 e. The number of nitrogens with zero attached hydrogens (tertiary/aromatic N) is 3. The fraction of sp³-hybridized carbons (Fsp3) is 0.588. The van der Waals surface area contributed by atoms with Crippen LogP contribution < -0.4 is 0 Å². The summed E-state index contributed by atoms with van der Waals surface area (Å²) in [6.45, 7) is 12.2. The minimum absolute atomic E-state index is 0.991. The van der Waals surface area contributed by atoms with Gasteiger partial charge in [-0.05, 0) is 45.6 Å². The van der Waals surface area contributed by atoms with Crippen LogP contribution in [-0.4, -0.2) is 35.3 Å². The number of aryl methyl sites for hydroxylation is 2. The molecule has 0 aliphatic heterocycles. The first-order chi connectivity index (χ1) is 9.66. The van der Waals surface area contributed by atoms with Crippen LogP contribution in [0.25, 0.3) is 10.9 Å². The van der Waals surface area contributed by atoms with Crippen LogP contribution in [0.5, 0.6) is 0 Å². The zero-order valence-electron chi connectivity index (χ0n) is 14.3. The molecule has 0 spiro atoms. The molecule has 1 aromatic carbocycles. The van der Waals surface area contributed by atoms with Crippen LogP contribution >= 0.6 is 0 Å². The van der Waals surface area contributed by atoms with Gasteiger partial charge in [0.15, 0.2) is 0 Å². The first-order valence-electron chi connectivity index (χ1n) is 7.74. The summed E-state index contributed by atoms with van der Waals surface area (Å²) in [4.78, 5) is 2.21. The van der Waals surface area contributed by atoms with Crippen LogP contribution in [0.4, 0.5) is 0 Å². The van der Waals surface area contributed by atoms with Crippen molar-refractivity contribution in [3.8, 4) is 0 Å². The van der Waals surface area contributed by atoms with E-state index in [1.54, 1.807) is 0 Å². The second-order valence-electron chi connectivity index (χ2n) is 4.59. The molecule has 3 nitrogen and oxygen atoms in total. The Bertz CT molecular complexity index is 472. The molecule has 2 aromatic rings. The largest absolute Gasteiger partial charge is 0.309 e. The molecule has 0 amide bonds. The molecule has 20 heavy (non-hydrogen) atoms. The lowest BCUT2D eigenvalue weighted by Gasteiger charge is -2.09. The van der Waals surface area contributed by atoms with Crippen molar-refractivity contribution in [2.75, 3.05) is 20.6 Å². The predicted octanol–water partition coefficient (Wildman–Crippen LogP) is 4.35. The summed E-state index contributed by atoms with van der Waals surface area (Å²) in [5.41, 5.74) is 2.54. The highest BCUT2D eigenvalue weighted by molar-refractivity contribution is 5.79. The summed E-state index contributed by atoms with van der Waals surface area (Å²) in [5, 5.41) is 5.66. The summed E-state index contributed by atoms with van der Waals surface area (Å²) < 4.78 is 2.10. The minimum Gasteiger partial charge on any atom is -0.309 e. The lowest BCUT2D eigenvalue weighted by molar-refractivity contribution is 0.382. The summed E-state index contributed by atoms with van der Waals surface area (Å²) >= 11 is 0. The normalized spacial score (nSPS) is 9.80. The highest BCUT2D eigenvalue weighted by atomic mass is 15.3. The van der Waals surface area contributed by atoms with Crippen LogP contribution in [0.1, 0.15) is 39.7 Å². The molecule has 0 atom stereocenters. The third kappa shape index (κ3) is 5.74. The maximum Gasteiger partial charge on any atom is 0.0685 e. The van der Waals surface area contributed by atoms with Crippen LogP contribution in [-0.2, 0) is 6.54 Å². The summed E-state index contributed by atoms with van der Waals surface area (Å²) in [6.07, 6.45) is 3.09. The lowest BCUT2D eigenvalue weighted by atomic mass is 10.2. The number of benzene rings is 1. The van der Waals surface area contributed by atoms with Gasteiger partial charge >= 0.3 is 0 Å². The highest BCUT2D eigenvalue weighted by Crippen LogP contribution is 2.15. The van der Waals surface area contributed by atoms with Gasteiger partial charge in [0.25, 0.3) is 0 Å². The monoisotopic (exact) mass is 277 g/mol. The number of hydrogen-bond acceptors (Lipinski definition) is 2. The van der Waals surface area contributed by atoms with E-state index in [1.807, 2.05) is 33.9 Å². The van der Waals surface area contributed by atoms with E-state index >= 15 is 0 Å². The predicted molar refractivity (Wildman–Crippen MR) is 90.3 cm³/mol. The van der Waals surface area contributed by atoms with E-state index in [1.165, 1.54) is 16.5 Å². The zero-order valence-corrected chi connectivity index (χ0v) is 14.3. The molecule has 0 radical (unpaired) electrons. The van der Waals surface area contributed by atoms with E-state index in [0.717, 1.165) is 19.5 Å². The van der Waals surface area contributed by atoms with Gasteiger partial charge in [-0.2, -0.15) is 5.10 Å². The first kappa shape index (κ1) is 18.7. The molecule has 1 aromatic heterocycles. The van der Waals surface area contributed by atoms with Crippen molar-refractivity contribution in [1.29, 1.82) is 0 Å². The van der Waals surface area contributed by atoms with Gasteiger partial charge in [0.1, 0.15) is 0 Å². The maximum atomic E-state index is 4.43. The Morgan fingerprint density at radius 1 is 1.10 bits per heavy atom. The van der Waals surface area contributed by atoms with Crippen molar-refractivity contribution >= 4 is 10.9 Å². The third-order valence-electron chi connectivity index (χ3n) is 2.78. The fourth-order valence-corrected chi connectivity index (χ4v) is 1.90. The van der Waals surface area contributed by atoms with Gasteiger partial charge in [0, 0.05) is 11.9 Å². The van der Waals surface area contributed by atoms with Crippen LogP contribution in [0, 0.1) is 6.92 Å². The second kappa shape index (κ2) is 10.4. The van der Waals surface area contributed by atoms with Crippen molar-refractivity contribution in [2.24, 2.45) is 0 Å². The Labute approximate surface area is 124 Å². The Morgan fingerprint density at radius 3 is 2.35 bits per heavy atom. The molecule has 0 bridgehead atoms. The SMILES string of the molecule is CC.CC.Cc1ccc2cnn(CCCN(C)C)c2c1. The Hall–Kier alpha value is -1.35. The molecule has 114 valence electrons. The quantitative estimate of drug-likeness (QED) is 0.828. The molecule has 0 unspecified atom stereocenters. The summed E-state index contributed by atoms with van der Waals surface area (Å²) in [6, 6.07) is 6.48. The van der Waals surface area contributed by atoms with Gasteiger partial charge in [0.05, 0.1) is 11.7 Å². The van der Waals surface area contributed by atoms with Gasteiger partial charge in [-0.3, -0.25) is 4.68 Å². The third-order valence-corrected chi connectivity index (χ3v) is 2.78. The Balaban J connectivity index is 0.000000829. The molecule has 0 fully saturated rings. The molecule has 0 aliphatic carbocycles. The summed E-state index contributed by atoms with van der Waals surface area (Å²) in [5.74, 6) is 0. The number of rotatable bonds is 4. The van der Waals surface area contributed by atoms with Crippen molar-refractivity contribution in [1.82, 2.24) is 14.7 Å². The van der Waals surface area contributed by atoms with E-state index in [2.05, 4.69) is 53.9 Å². The van der Waals surface area contributed by atoms with Gasteiger partial charge in [-0.1, -0.05) is 39.8 Å². The first-order valence-corrected chi connectivity index (χ1v) is 7.74. The van der Waals surface area contributed by atoms with Crippen molar-refractivity contribution in [3.05, 3.63) is 30.0 Å². The van der Waals surface area contributed by atoms with E-state index in [0.29, 0.717) is 0 Å². The van der Waals surface area contributed by atoms with Crippen LogP contribution in [0.15, 0.2) is 24.4 Å². The number of hydrogen-bond donors (Lipinski definition) is 0. The highest BCUT2D eigenvalue weighted by Gasteiger charge is 2.02. The van der Waals surface area contributed by atoms with Gasteiger partial charge in [-0.25, -0.2) is 0 Å². The molecule has 0 N–H and O–H groups in total. The molecule has 0 aliphatic rings. The van der Waals surface area contributed by atoms with Gasteiger partial charge < -0.3 is 4.90 Å². The van der Waals surface area contributed by atoms with Gasteiger partial charge in [0.2, 0.25) is 0 Å². The lowest BCUT2D eigenvalue weighted by Crippen LogP contribution is -2.15. The molecular formula is C17H31N3. The minimum atomic E-state index is 0.991. The van der Waals surface area contributed by atoms with E-state index in [9.17, 15) is 0 Å². The second-order valence-corrected chi connectivity index (χ2v) is 4.59. The van der Waals surface area contributed by atoms with Crippen LogP contribution in [0.3, 0.4) is 0 Å². The van der Waals surface area contributed by atoms with Gasteiger partial charge in [-0.15, -0.1) is 0 Å². The number of aromatic nitrogens is 2.